The quantitative estimate of drug-likeness (QED) is 0.824. The molecule has 0 saturated carbocycles. The van der Waals surface area contributed by atoms with E-state index in [0.29, 0.717) is 0 Å². The zero-order valence-corrected chi connectivity index (χ0v) is 11.6. The number of thioether (sulfide) groups is 1. The van der Waals surface area contributed by atoms with Gasteiger partial charge in [0.2, 0.25) is 5.91 Å². The molecule has 1 atom stereocenters. The summed E-state index contributed by atoms with van der Waals surface area (Å²) < 4.78 is 2.05. The van der Waals surface area contributed by atoms with Gasteiger partial charge in [-0.05, 0) is 12.0 Å². The molecule has 0 saturated heterocycles. The lowest BCUT2D eigenvalue weighted by Crippen LogP contribution is -2.19. The molecule has 0 aliphatic carbocycles. The van der Waals surface area contributed by atoms with Gasteiger partial charge in [0, 0.05) is 18.9 Å². The highest BCUT2D eigenvalue weighted by Crippen LogP contribution is 2.33. The van der Waals surface area contributed by atoms with Crippen molar-refractivity contribution in [1.82, 2.24) is 9.55 Å². The molecule has 100 valence electrons. The second-order valence-corrected chi connectivity index (χ2v) is 5.29. The molecule has 0 spiro atoms. The molecule has 2 rings (SSSR count). The average molecular weight is 275 g/mol. The van der Waals surface area contributed by atoms with E-state index in [1.54, 1.807) is 6.20 Å². The number of aryl methyl sites for hydroxylation is 1. The van der Waals surface area contributed by atoms with Crippen LogP contribution in [0.25, 0.3) is 0 Å². The summed E-state index contributed by atoms with van der Waals surface area (Å²) in [4.78, 5) is 16.0. The number of rotatable bonds is 6. The lowest BCUT2D eigenvalue weighted by Gasteiger charge is -2.14. The minimum Gasteiger partial charge on any atom is -0.368 e. The molecule has 0 unspecified atom stereocenters. The molecule has 19 heavy (non-hydrogen) atoms. The molecule has 1 aromatic heterocycles. The van der Waals surface area contributed by atoms with E-state index in [-0.39, 0.29) is 5.91 Å². The Hall–Kier alpha value is -1.75. The van der Waals surface area contributed by atoms with Crippen molar-refractivity contribution >= 4 is 17.7 Å². The molecule has 1 heterocycles. The van der Waals surface area contributed by atoms with Gasteiger partial charge >= 0.3 is 0 Å². The maximum atomic E-state index is 11.7. The monoisotopic (exact) mass is 275 g/mol. The molecule has 0 radical (unpaired) electrons. The first kappa shape index (κ1) is 13.7. The van der Waals surface area contributed by atoms with Crippen LogP contribution in [0.1, 0.15) is 24.2 Å². The van der Waals surface area contributed by atoms with Crippen molar-refractivity contribution in [2.45, 2.75) is 30.3 Å². The van der Waals surface area contributed by atoms with Gasteiger partial charge in [-0.1, -0.05) is 49.0 Å². The first-order chi connectivity index (χ1) is 9.22. The van der Waals surface area contributed by atoms with E-state index < -0.39 is 5.25 Å². The van der Waals surface area contributed by atoms with Crippen LogP contribution in [0, 0.1) is 0 Å². The van der Waals surface area contributed by atoms with Gasteiger partial charge < -0.3 is 10.3 Å². The first-order valence-electron chi connectivity index (χ1n) is 6.24. The van der Waals surface area contributed by atoms with Gasteiger partial charge in [0.1, 0.15) is 5.25 Å². The Morgan fingerprint density at radius 1 is 1.42 bits per heavy atom. The highest BCUT2D eigenvalue weighted by molar-refractivity contribution is 8.00. The summed E-state index contributed by atoms with van der Waals surface area (Å²) in [5.41, 5.74) is 6.42. The second-order valence-electron chi connectivity index (χ2n) is 4.21. The van der Waals surface area contributed by atoms with Crippen LogP contribution in [0.5, 0.6) is 0 Å². The predicted molar refractivity (Wildman–Crippen MR) is 76.8 cm³/mol. The Morgan fingerprint density at radius 2 is 2.16 bits per heavy atom. The average Bonchev–Trinajstić information content (AvgIpc) is 2.84. The van der Waals surface area contributed by atoms with Crippen molar-refractivity contribution in [3.05, 3.63) is 48.3 Å². The number of carbonyl (C=O) groups excluding carboxylic acids is 1. The largest absolute Gasteiger partial charge is 0.368 e. The second kappa shape index (κ2) is 6.43. The van der Waals surface area contributed by atoms with E-state index >= 15 is 0 Å². The third-order valence-electron chi connectivity index (χ3n) is 2.73. The lowest BCUT2D eigenvalue weighted by molar-refractivity contribution is -0.117. The minimum absolute atomic E-state index is 0.345. The summed E-state index contributed by atoms with van der Waals surface area (Å²) in [7, 11) is 0. The fourth-order valence-electron chi connectivity index (χ4n) is 1.85. The summed E-state index contributed by atoms with van der Waals surface area (Å²) in [6.07, 6.45) is 4.70. The van der Waals surface area contributed by atoms with Crippen molar-refractivity contribution in [3.63, 3.8) is 0 Å². The number of nitrogens with zero attached hydrogens (tertiary/aromatic N) is 2. The molecule has 5 heteroatoms. The molecular weight excluding hydrogens is 258 g/mol. The van der Waals surface area contributed by atoms with Crippen LogP contribution in [0.4, 0.5) is 0 Å². The third-order valence-corrected chi connectivity index (χ3v) is 4.02. The van der Waals surface area contributed by atoms with Gasteiger partial charge in [-0.2, -0.15) is 0 Å². The molecule has 2 N–H and O–H groups in total. The van der Waals surface area contributed by atoms with E-state index in [0.717, 1.165) is 23.7 Å². The third kappa shape index (κ3) is 3.38. The number of primary amides is 1. The van der Waals surface area contributed by atoms with Gasteiger partial charge in [-0.3, -0.25) is 4.79 Å². The number of benzene rings is 1. The van der Waals surface area contributed by atoms with Gasteiger partial charge in [-0.15, -0.1) is 0 Å². The maximum absolute atomic E-state index is 11.7. The van der Waals surface area contributed by atoms with E-state index in [2.05, 4.69) is 11.9 Å². The Morgan fingerprint density at radius 3 is 2.79 bits per heavy atom. The van der Waals surface area contributed by atoms with Crippen LogP contribution in [-0.2, 0) is 11.3 Å². The van der Waals surface area contributed by atoms with Crippen molar-refractivity contribution in [2.75, 3.05) is 0 Å². The molecule has 0 bridgehead atoms. The van der Waals surface area contributed by atoms with Crippen LogP contribution >= 0.6 is 11.8 Å². The van der Waals surface area contributed by atoms with Crippen LogP contribution < -0.4 is 5.73 Å². The zero-order chi connectivity index (χ0) is 13.7. The zero-order valence-electron chi connectivity index (χ0n) is 10.8. The Bertz CT molecular complexity index is 539. The van der Waals surface area contributed by atoms with Crippen molar-refractivity contribution in [3.8, 4) is 0 Å². The Labute approximate surface area is 117 Å². The van der Waals surface area contributed by atoms with Crippen LogP contribution in [0.2, 0.25) is 0 Å². The van der Waals surface area contributed by atoms with Gasteiger partial charge in [0.25, 0.3) is 0 Å². The topological polar surface area (TPSA) is 60.9 Å². The van der Waals surface area contributed by atoms with Crippen molar-refractivity contribution in [2.24, 2.45) is 5.73 Å². The van der Waals surface area contributed by atoms with Crippen LogP contribution in [-0.4, -0.2) is 15.5 Å². The Kier molecular flexibility index (Phi) is 4.63. The molecule has 0 fully saturated rings. The number of nitrogens with two attached hydrogens (primary N) is 1. The summed E-state index contributed by atoms with van der Waals surface area (Å²) in [6.45, 7) is 3.00. The molecule has 2 aromatic rings. The SMILES string of the molecule is CCCn1ccnc1S[C@@H](C(N)=O)c1ccccc1. The van der Waals surface area contributed by atoms with E-state index in [9.17, 15) is 4.79 Å². The lowest BCUT2D eigenvalue weighted by atomic mass is 10.1. The Balaban J connectivity index is 2.22. The first-order valence-corrected chi connectivity index (χ1v) is 7.12. The molecule has 1 amide bonds. The van der Waals surface area contributed by atoms with E-state index in [1.165, 1.54) is 11.8 Å². The van der Waals surface area contributed by atoms with Gasteiger partial charge in [0.05, 0.1) is 0 Å². The van der Waals surface area contributed by atoms with Crippen LogP contribution in [0.3, 0.4) is 0 Å². The predicted octanol–water partition coefficient (Wildman–Crippen LogP) is 2.61. The minimum atomic E-state index is -0.404. The van der Waals surface area contributed by atoms with Crippen molar-refractivity contribution < 1.29 is 4.79 Å². The smallest absolute Gasteiger partial charge is 0.235 e. The molecular formula is C14H17N3OS. The normalized spacial score (nSPS) is 12.3. The number of amides is 1. The highest BCUT2D eigenvalue weighted by Gasteiger charge is 2.21. The van der Waals surface area contributed by atoms with E-state index in [4.69, 9.17) is 5.73 Å². The number of aromatic nitrogens is 2. The maximum Gasteiger partial charge on any atom is 0.235 e. The van der Waals surface area contributed by atoms with Crippen LogP contribution in [0.15, 0.2) is 47.9 Å². The molecule has 1 aromatic carbocycles. The van der Waals surface area contributed by atoms with Gasteiger partial charge in [0.15, 0.2) is 5.16 Å². The van der Waals surface area contributed by atoms with Gasteiger partial charge in [-0.25, -0.2) is 4.98 Å². The summed E-state index contributed by atoms with van der Waals surface area (Å²) in [5, 5.41) is 0.425. The van der Waals surface area contributed by atoms with E-state index in [1.807, 2.05) is 41.1 Å². The summed E-state index contributed by atoms with van der Waals surface area (Å²) in [6, 6.07) is 9.56. The summed E-state index contributed by atoms with van der Waals surface area (Å²) in [5.74, 6) is -0.345. The fraction of sp³-hybridized carbons (Fsp3) is 0.286. The van der Waals surface area contributed by atoms with Crippen molar-refractivity contribution in [1.29, 1.82) is 0 Å². The number of imidazole rings is 1. The number of hydrogen-bond acceptors (Lipinski definition) is 3. The standard InChI is InChI=1S/C14H17N3OS/c1-2-9-17-10-8-16-14(17)19-12(13(15)18)11-6-4-3-5-7-11/h3-8,10,12H,2,9H2,1H3,(H2,15,18)/t12-/m1/s1. The summed E-state index contributed by atoms with van der Waals surface area (Å²) >= 11 is 1.40. The number of carbonyl (C=O) groups is 1. The molecule has 0 aliphatic rings. The number of hydrogen-bond donors (Lipinski definition) is 1. The fourth-order valence-corrected chi connectivity index (χ4v) is 2.88. The highest BCUT2D eigenvalue weighted by atomic mass is 32.2. The molecule has 4 nitrogen and oxygen atoms in total. The molecule has 0 aliphatic heterocycles.